The molecular weight excluding hydrogens is 284 g/mol. The van der Waals surface area contributed by atoms with Crippen LogP contribution in [-0.4, -0.2) is 11.7 Å². The molecule has 0 aliphatic rings. The van der Waals surface area contributed by atoms with Crippen LogP contribution < -0.4 is 10.6 Å². The third kappa shape index (κ3) is 4.05. The minimum atomic E-state index is 0.118. The zero-order valence-electron chi connectivity index (χ0n) is 11.8. The molecule has 1 atom stereocenters. The molecular formula is C16H20N2S2. The largest absolute Gasteiger partial charge is 0.363 e. The third-order valence-electron chi connectivity index (χ3n) is 3.05. The molecule has 4 heteroatoms. The molecule has 0 aliphatic heterocycles. The number of hydrogen-bond donors (Lipinski definition) is 2. The average molecular weight is 304 g/mol. The van der Waals surface area contributed by atoms with Crippen LogP contribution in [0.2, 0.25) is 0 Å². The molecule has 106 valence electrons. The van der Waals surface area contributed by atoms with Gasteiger partial charge in [-0.15, -0.1) is 11.3 Å². The number of benzene rings is 1. The Bertz CT molecular complexity index is 532. The highest BCUT2D eigenvalue weighted by atomic mass is 32.1. The quantitative estimate of drug-likeness (QED) is 0.816. The van der Waals surface area contributed by atoms with E-state index in [-0.39, 0.29) is 6.04 Å². The molecule has 2 nitrogen and oxygen atoms in total. The summed E-state index contributed by atoms with van der Waals surface area (Å²) in [5, 5.41) is 9.46. The van der Waals surface area contributed by atoms with Gasteiger partial charge in [-0.1, -0.05) is 42.8 Å². The topological polar surface area (TPSA) is 24.1 Å². The van der Waals surface area contributed by atoms with Gasteiger partial charge in [0.2, 0.25) is 0 Å². The van der Waals surface area contributed by atoms with Crippen molar-refractivity contribution in [3.8, 4) is 0 Å². The molecule has 1 aromatic heterocycles. The summed E-state index contributed by atoms with van der Waals surface area (Å²) >= 11 is 7.12. The Morgan fingerprint density at radius 1 is 1.25 bits per heavy atom. The van der Waals surface area contributed by atoms with Crippen LogP contribution in [0.4, 0.5) is 0 Å². The Labute approximate surface area is 130 Å². The van der Waals surface area contributed by atoms with Crippen molar-refractivity contribution in [3.05, 3.63) is 57.8 Å². The first-order valence-electron chi connectivity index (χ1n) is 6.85. The van der Waals surface area contributed by atoms with E-state index in [0.29, 0.717) is 5.11 Å². The number of aryl methyl sites for hydroxylation is 1. The van der Waals surface area contributed by atoms with E-state index in [1.807, 2.05) is 0 Å². The molecule has 0 amide bonds. The maximum atomic E-state index is 5.38. The highest BCUT2D eigenvalue weighted by Crippen LogP contribution is 2.26. The summed E-state index contributed by atoms with van der Waals surface area (Å²) in [5.41, 5.74) is 2.50. The highest BCUT2D eigenvalue weighted by molar-refractivity contribution is 7.80. The van der Waals surface area contributed by atoms with Crippen molar-refractivity contribution in [2.24, 2.45) is 0 Å². The molecule has 0 saturated carbocycles. The van der Waals surface area contributed by atoms with Crippen molar-refractivity contribution < 1.29 is 0 Å². The molecule has 0 unspecified atom stereocenters. The van der Waals surface area contributed by atoms with E-state index in [0.717, 1.165) is 13.0 Å². The van der Waals surface area contributed by atoms with Crippen LogP contribution in [0.1, 0.15) is 35.4 Å². The van der Waals surface area contributed by atoms with E-state index >= 15 is 0 Å². The monoisotopic (exact) mass is 304 g/mol. The number of thiophene rings is 1. The number of thiocarbonyl (C=S) groups is 1. The molecule has 2 rings (SSSR count). The molecule has 2 N–H and O–H groups in total. The molecule has 2 aromatic rings. The standard InChI is InChI=1S/C16H20N2S2/c1-3-10-17-16(19)18-15(14-5-4-11-20-14)13-8-6-12(2)7-9-13/h4-9,11,15H,3,10H2,1-2H3,(H2,17,18,19)/t15-/m0/s1. The molecule has 1 aromatic carbocycles. The van der Waals surface area contributed by atoms with Crippen LogP contribution in [-0.2, 0) is 0 Å². The van der Waals surface area contributed by atoms with Crippen LogP contribution in [0.15, 0.2) is 41.8 Å². The maximum absolute atomic E-state index is 5.38. The summed E-state index contributed by atoms with van der Waals surface area (Å²) in [6.45, 7) is 5.13. The Morgan fingerprint density at radius 2 is 2.00 bits per heavy atom. The average Bonchev–Trinajstić information content (AvgIpc) is 2.97. The van der Waals surface area contributed by atoms with Gasteiger partial charge in [-0.2, -0.15) is 0 Å². The number of rotatable bonds is 5. The van der Waals surface area contributed by atoms with Crippen LogP contribution in [0, 0.1) is 6.92 Å². The van der Waals surface area contributed by atoms with Gasteiger partial charge < -0.3 is 10.6 Å². The Balaban J connectivity index is 2.17. The minimum absolute atomic E-state index is 0.118. The summed E-state index contributed by atoms with van der Waals surface area (Å²) in [7, 11) is 0. The molecule has 0 spiro atoms. The van der Waals surface area contributed by atoms with Crippen LogP contribution in [0.5, 0.6) is 0 Å². The lowest BCUT2D eigenvalue weighted by molar-refractivity contribution is 0.739. The van der Waals surface area contributed by atoms with Crippen molar-refractivity contribution in [3.63, 3.8) is 0 Å². The van der Waals surface area contributed by atoms with E-state index in [1.165, 1.54) is 16.0 Å². The van der Waals surface area contributed by atoms with Crippen LogP contribution >= 0.6 is 23.6 Å². The van der Waals surface area contributed by atoms with Gasteiger partial charge >= 0.3 is 0 Å². The van der Waals surface area contributed by atoms with Crippen molar-refractivity contribution in [1.82, 2.24) is 10.6 Å². The van der Waals surface area contributed by atoms with Crippen molar-refractivity contribution in [2.75, 3.05) is 6.54 Å². The molecule has 1 heterocycles. The first-order valence-corrected chi connectivity index (χ1v) is 8.14. The third-order valence-corrected chi connectivity index (χ3v) is 4.25. The van der Waals surface area contributed by atoms with Gasteiger partial charge in [0.05, 0.1) is 6.04 Å². The normalized spacial score (nSPS) is 11.9. The molecule has 0 bridgehead atoms. The van der Waals surface area contributed by atoms with Gasteiger partial charge in [-0.3, -0.25) is 0 Å². The lowest BCUT2D eigenvalue weighted by atomic mass is 10.0. The number of hydrogen-bond acceptors (Lipinski definition) is 2. The van der Waals surface area contributed by atoms with E-state index in [2.05, 4.69) is 66.3 Å². The fourth-order valence-corrected chi connectivity index (χ4v) is 2.98. The van der Waals surface area contributed by atoms with Crippen molar-refractivity contribution in [1.29, 1.82) is 0 Å². The molecule has 0 radical (unpaired) electrons. The molecule has 0 fully saturated rings. The number of nitrogens with one attached hydrogen (secondary N) is 2. The predicted octanol–water partition coefficient (Wildman–Crippen LogP) is 4.02. The van der Waals surface area contributed by atoms with Gasteiger partial charge in [0, 0.05) is 11.4 Å². The van der Waals surface area contributed by atoms with Crippen molar-refractivity contribution in [2.45, 2.75) is 26.3 Å². The Morgan fingerprint density at radius 3 is 2.60 bits per heavy atom. The summed E-state index contributed by atoms with van der Waals surface area (Å²) < 4.78 is 0. The van der Waals surface area contributed by atoms with Gasteiger partial charge in [0.15, 0.2) is 5.11 Å². The fraction of sp³-hybridized carbons (Fsp3) is 0.312. The maximum Gasteiger partial charge on any atom is 0.167 e. The van der Waals surface area contributed by atoms with E-state index in [4.69, 9.17) is 12.2 Å². The highest BCUT2D eigenvalue weighted by Gasteiger charge is 2.15. The predicted molar refractivity (Wildman–Crippen MR) is 91.4 cm³/mol. The summed E-state index contributed by atoms with van der Waals surface area (Å²) in [5.74, 6) is 0. The van der Waals surface area contributed by atoms with Crippen molar-refractivity contribution >= 4 is 28.7 Å². The zero-order valence-corrected chi connectivity index (χ0v) is 13.5. The second-order valence-electron chi connectivity index (χ2n) is 4.76. The van der Waals surface area contributed by atoms with Gasteiger partial charge in [0.1, 0.15) is 0 Å². The lowest BCUT2D eigenvalue weighted by Gasteiger charge is -2.20. The molecule has 0 aliphatic carbocycles. The summed E-state index contributed by atoms with van der Waals surface area (Å²) in [6.07, 6.45) is 1.07. The minimum Gasteiger partial charge on any atom is -0.363 e. The van der Waals surface area contributed by atoms with E-state index in [9.17, 15) is 0 Å². The molecule has 20 heavy (non-hydrogen) atoms. The zero-order chi connectivity index (χ0) is 14.4. The Hall–Kier alpha value is -1.39. The molecule has 0 saturated heterocycles. The summed E-state index contributed by atoms with van der Waals surface area (Å²) in [6, 6.07) is 12.9. The SMILES string of the molecule is CCCNC(=S)N[C@@H](c1ccc(C)cc1)c1cccs1. The smallest absolute Gasteiger partial charge is 0.167 e. The van der Waals surface area contributed by atoms with Gasteiger partial charge in [-0.05, 0) is 42.6 Å². The fourth-order valence-electron chi connectivity index (χ4n) is 1.95. The second-order valence-corrected chi connectivity index (χ2v) is 6.15. The lowest BCUT2D eigenvalue weighted by Crippen LogP contribution is -2.38. The van der Waals surface area contributed by atoms with E-state index < -0.39 is 0 Å². The van der Waals surface area contributed by atoms with Gasteiger partial charge in [-0.25, -0.2) is 0 Å². The second kappa shape index (κ2) is 7.41. The first kappa shape index (κ1) is 15.0. The van der Waals surface area contributed by atoms with Gasteiger partial charge in [0.25, 0.3) is 0 Å². The van der Waals surface area contributed by atoms with E-state index in [1.54, 1.807) is 11.3 Å². The Kier molecular flexibility index (Phi) is 5.56. The van der Waals surface area contributed by atoms with Crippen LogP contribution in [0.3, 0.4) is 0 Å². The van der Waals surface area contributed by atoms with Crippen LogP contribution in [0.25, 0.3) is 0 Å². The summed E-state index contributed by atoms with van der Waals surface area (Å²) in [4.78, 5) is 1.27. The first-order chi connectivity index (χ1) is 9.70.